The number of primary amides is 1. The molecule has 0 aromatic heterocycles. The molecule has 2 rings (SSSR count). The normalized spacial score (nSPS) is 38.3. The van der Waals surface area contributed by atoms with Crippen LogP contribution in [0, 0.1) is 0 Å². The molecule has 17 heavy (non-hydrogen) atoms. The van der Waals surface area contributed by atoms with E-state index in [4.69, 9.17) is 5.73 Å². The second-order valence-electron chi connectivity index (χ2n) is 5.15. The molecule has 4 N–H and O–H groups in total. The lowest BCUT2D eigenvalue weighted by Gasteiger charge is -2.61. The number of carbonyl (C=O) groups is 2. The minimum atomic E-state index is -1.24. The molecule has 2 aliphatic heterocycles. The third kappa shape index (κ3) is 1.47. The van der Waals surface area contributed by atoms with E-state index in [-0.39, 0.29) is 18.4 Å². The Morgan fingerprint density at radius 2 is 2.35 bits per heavy atom. The van der Waals surface area contributed by atoms with E-state index in [0.29, 0.717) is 6.42 Å². The van der Waals surface area contributed by atoms with Gasteiger partial charge in [0.15, 0.2) is 5.72 Å². The molecule has 6 heteroatoms. The van der Waals surface area contributed by atoms with Crippen LogP contribution in [0.5, 0.6) is 0 Å². The smallest absolute Gasteiger partial charge is 0.250 e. The Bertz CT molecular complexity index is 361. The second-order valence-corrected chi connectivity index (χ2v) is 5.15. The highest BCUT2D eigenvalue weighted by Crippen LogP contribution is 2.46. The van der Waals surface area contributed by atoms with E-state index in [2.05, 4.69) is 5.32 Å². The molecule has 0 aliphatic carbocycles. The summed E-state index contributed by atoms with van der Waals surface area (Å²) >= 11 is 0. The van der Waals surface area contributed by atoms with Crippen LogP contribution < -0.4 is 11.1 Å². The summed E-state index contributed by atoms with van der Waals surface area (Å²) in [7, 11) is 0. The highest BCUT2D eigenvalue weighted by Gasteiger charge is 2.70. The van der Waals surface area contributed by atoms with E-state index in [1.807, 2.05) is 0 Å². The van der Waals surface area contributed by atoms with Gasteiger partial charge in [0.05, 0.1) is 0 Å². The van der Waals surface area contributed by atoms with Gasteiger partial charge in [0.25, 0.3) is 0 Å². The van der Waals surface area contributed by atoms with Gasteiger partial charge in [-0.2, -0.15) is 0 Å². The molecule has 0 bridgehead atoms. The van der Waals surface area contributed by atoms with E-state index < -0.39 is 17.2 Å². The molecule has 6 nitrogen and oxygen atoms in total. The Balaban J connectivity index is 2.17. The summed E-state index contributed by atoms with van der Waals surface area (Å²) in [4.78, 5) is 24.4. The van der Waals surface area contributed by atoms with Crippen LogP contribution in [0.4, 0.5) is 0 Å². The fourth-order valence-electron chi connectivity index (χ4n) is 3.10. The van der Waals surface area contributed by atoms with E-state index >= 15 is 0 Å². The quantitative estimate of drug-likeness (QED) is 0.548. The topological polar surface area (TPSA) is 95.7 Å². The Morgan fingerprint density at radius 3 is 2.76 bits per heavy atom. The lowest BCUT2D eigenvalue weighted by Crippen LogP contribution is -2.86. The molecule has 0 saturated carbocycles. The summed E-state index contributed by atoms with van der Waals surface area (Å²) in [5.41, 5.74) is 3.03. The van der Waals surface area contributed by atoms with Gasteiger partial charge in [0.1, 0.15) is 5.54 Å². The molecule has 0 aromatic carbocycles. The number of nitrogens with two attached hydrogens (primary N) is 1. The summed E-state index contributed by atoms with van der Waals surface area (Å²) in [5, 5.41) is 13.6. The molecule has 0 aromatic rings. The van der Waals surface area contributed by atoms with Gasteiger partial charge in [-0.05, 0) is 33.2 Å². The zero-order valence-electron chi connectivity index (χ0n) is 10.2. The molecule has 0 radical (unpaired) electrons. The monoisotopic (exact) mass is 241 g/mol. The van der Waals surface area contributed by atoms with Crippen molar-refractivity contribution >= 4 is 11.8 Å². The number of rotatable bonds is 3. The largest absolute Gasteiger partial charge is 0.370 e. The van der Waals surface area contributed by atoms with Crippen molar-refractivity contribution in [2.24, 2.45) is 5.73 Å². The zero-order valence-corrected chi connectivity index (χ0v) is 10.2. The summed E-state index contributed by atoms with van der Waals surface area (Å²) in [6.07, 6.45) is 1.58. The SMILES string of the molecule is CC(CC(N)=O)N1C(=O)C2(CCCN2)C1(C)O. The van der Waals surface area contributed by atoms with Crippen molar-refractivity contribution < 1.29 is 14.7 Å². The standard InChI is InChI=1S/C11H19N3O3/c1-7(6-8(12)15)14-9(16)11(10(14,2)17)4-3-5-13-11/h7,13,17H,3-6H2,1-2H3,(H2,12,15). The van der Waals surface area contributed by atoms with Gasteiger partial charge < -0.3 is 15.7 Å². The maximum absolute atomic E-state index is 12.2. The number of hydrogen-bond donors (Lipinski definition) is 3. The molecule has 3 unspecified atom stereocenters. The molecule has 2 saturated heterocycles. The van der Waals surface area contributed by atoms with Crippen LogP contribution in [0.3, 0.4) is 0 Å². The number of β-lactam (4-membered cyclic amide) rings is 1. The van der Waals surface area contributed by atoms with Gasteiger partial charge in [-0.25, -0.2) is 0 Å². The first-order chi connectivity index (χ1) is 7.83. The third-order valence-electron chi connectivity index (χ3n) is 3.95. The van der Waals surface area contributed by atoms with Crippen LogP contribution in [0.25, 0.3) is 0 Å². The van der Waals surface area contributed by atoms with Crippen LogP contribution >= 0.6 is 0 Å². The summed E-state index contributed by atoms with van der Waals surface area (Å²) in [5.74, 6) is -0.602. The number of hydrogen-bond acceptors (Lipinski definition) is 4. The van der Waals surface area contributed by atoms with Crippen molar-refractivity contribution in [3.05, 3.63) is 0 Å². The van der Waals surface area contributed by atoms with Crippen molar-refractivity contribution in [1.29, 1.82) is 0 Å². The molecule has 3 atom stereocenters. The molecular weight excluding hydrogens is 222 g/mol. The van der Waals surface area contributed by atoms with Crippen LogP contribution in [0.2, 0.25) is 0 Å². The van der Waals surface area contributed by atoms with Gasteiger partial charge >= 0.3 is 0 Å². The predicted octanol–water partition coefficient (Wildman–Crippen LogP) is -1.08. The van der Waals surface area contributed by atoms with Gasteiger partial charge in [-0.3, -0.25) is 14.9 Å². The van der Waals surface area contributed by atoms with E-state index in [9.17, 15) is 14.7 Å². The van der Waals surface area contributed by atoms with Crippen LogP contribution in [-0.4, -0.2) is 45.7 Å². The van der Waals surface area contributed by atoms with Crippen molar-refractivity contribution in [2.75, 3.05) is 6.54 Å². The summed E-state index contributed by atoms with van der Waals surface area (Å²) in [6, 6.07) is -0.372. The van der Waals surface area contributed by atoms with Crippen LogP contribution in [-0.2, 0) is 9.59 Å². The molecule has 2 heterocycles. The highest BCUT2D eigenvalue weighted by atomic mass is 16.3. The summed E-state index contributed by atoms with van der Waals surface area (Å²) in [6.45, 7) is 4.07. The number of likely N-dealkylation sites (tertiary alicyclic amines) is 1. The molecule has 96 valence electrons. The van der Waals surface area contributed by atoms with Crippen molar-refractivity contribution in [1.82, 2.24) is 10.2 Å². The van der Waals surface area contributed by atoms with Crippen molar-refractivity contribution in [2.45, 2.75) is 50.4 Å². The lowest BCUT2D eigenvalue weighted by molar-refractivity contribution is -0.238. The van der Waals surface area contributed by atoms with E-state index in [0.717, 1.165) is 13.0 Å². The minimum Gasteiger partial charge on any atom is -0.370 e. The summed E-state index contributed by atoms with van der Waals surface area (Å²) < 4.78 is 0. The number of nitrogens with one attached hydrogen (secondary N) is 1. The number of amides is 2. The second kappa shape index (κ2) is 3.68. The molecule has 2 amide bonds. The van der Waals surface area contributed by atoms with Crippen molar-refractivity contribution in [3.63, 3.8) is 0 Å². The Hall–Kier alpha value is -1.14. The fourth-order valence-corrected chi connectivity index (χ4v) is 3.10. The van der Waals surface area contributed by atoms with Gasteiger partial charge in [-0.15, -0.1) is 0 Å². The number of carbonyl (C=O) groups excluding carboxylic acids is 2. The zero-order chi connectivity index (χ0) is 12.8. The van der Waals surface area contributed by atoms with Crippen LogP contribution in [0.1, 0.15) is 33.1 Å². The molecule has 1 spiro atoms. The van der Waals surface area contributed by atoms with Gasteiger partial charge in [0.2, 0.25) is 11.8 Å². The Labute approximate surface area is 100 Å². The maximum Gasteiger partial charge on any atom is 0.250 e. The highest BCUT2D eigenvalue weighted by molar-refractivity contribution is 5.96. The van der Waals surface area contributed by atoms with E-state index in [1.54, 1.807) is 13.8 Å². The maximum atomic E-state index is 12.2. The van der Waals surface area contributed by atoms with E-state index in [1.165, 1.54) is 4.90 Å². The van der Waals surface area contributed by atoms with Crippen molar-refractivity contribution in [3.8, 4) is 0 Å². The lowest BCUT2D eigenvalue weighted by atomic mass is 9.73. The Morgan fingerprint density at radius 1 is 1.71 bits per heavy atom. The first-order valence-corrected chi connectivity index (χ1v) is 5.92. The third-order valence-corrected chi connectivity index (χ3v) is 3.95. The molecule has 2 aliphatic rings. The minimum absolute atomic E-state index is 0.0674. The molecular formula is C11H19N3O3. The first kappa shape index (κ1) is 12.3. The number of nitrogens with zero attached hydrogens (tertiary/aromatic N) is 1. The predicted molar refractivity (Wildman–Crippen MR) is 60.7 cm³/mol. The van der Waals surface area contributed by atoms with Crippen LogP contribution in [0.15, 0.2) is 0 Å². The molecule has 2 fully saturated rings. The first-order valence-electron chi connectivity index (χ1n) is 5.92. The number of aliphatic hydroxyl groups is 1. The Kier molecular flexibility index (Phi) is 2.67. The van der Waals surface area contributed by atoms with Gasteiger partial charge in [-0.1, -0.05) is 0 Å². The van der Waals surface area contributed by atoms with Gasteiger partial charge in [0, 0.05) is 12.5 Å². The average Bonchev–Trinajstić information content (AvgIpc) is 2.66. The average molecular weight is 241 g/mol. The fraction of sp³-hybridized carbons (Fsp3) is 0.818.